The summed E-state index contributed by atoms with van der Waals surface area (Å²) in [5, 5.41) is 1.49. The summed E-state index contributed by atoms with van der Waals surface area (Å²) in [6.07, 6.45) is 1.64. The van der Waals surface area contributed by atoms with Gasteiger partial charge in [-0.25, -0.2) is 13.1 Å². The van der Waals surface area contributed by atoms with Crippen molar-refractivity contribution in [3.05, 3.63) is 60.8 Å². The van der Waals surface area contributed by atoms with Crippen molar-refractivity contribution in [2.24, 2.45) is 0 Å². The average molecular weight is 298 g/mol. The third kappa shape index (κ3) is 2.41. The van der Waals surface area contributed by atoms with E-state index in [9.17, 15) is 8.42 Å². The van der Waals surface area contributed by atoms with Gasteiger partial charge in [-0.1, -0.05) is 42.5 Å². The second-order valence-electron chi connectivity index (χ2n) is 4.58. The van der Waals surface area contributed by atoms with Crippen LogP contribution >= 0.6 is 0 Å². The molecule has 2 aromatic carbocycles. The van der Waals surface area contributed by atoms with Gasteiger partial charge in [0.15, 0.2) is 0 Å². The summed E-state index contributed by atoms with van der Waals surface area (Å²) in [7, 11) is -2.09. The molecule has 0 aliphatic carbocycles. The molecule has 1 heterocycles. The zero-order valence-corrected chi connectivity index (χ0v) is 12.3. The van der Waals surface area contributed by atoms with Crippen LogP contribution in [0.4, 0.5) is 0 Å². The zero-order valence-electron chi connectivity index (χ0n) is 11.4. The van der Waals surface area contributed by atoms with Gasteiger partial charge in [-0.3, -0.25) is 4.98 Å². The van der Waals surface area contributed by atoms with E-state index in [1.807, 2.05) is 36.4 Å². The Kier molecular flexibility index (Phi) is 3.45. The third-order valence-corrected chi connectivity index (χ3v) is 4.84. The summed E-state index contributed by atoms with van der Waals surface area (Å²) in [5.74, 6) is 0. The summed E-state index contributed by atoms with van der Waals surface area (Å²) in [6, 6.07) is 16.7. The van der Waals surface area contributed by atoms with Crippen LogP contribution in [0.1, 0.15) is 0 Å². The summed E-state index contributed by atoms with van der Waals surface area (Å²) < 4.78 is 26.6. The molecule has 0 amide bonds. The molecule has 1 aromatic heterocycles. The lowest BCUT2D eigenvalue weighted by Crippen LogP contribution is -2.18. The van der Waals surface area contributed by atoms with Crippen LogP contribution in [0.15, 0.2) is 65.7 Å². The molecule has 0 unspecified atom stereocenters. The molecule has 0 aliphatic heterocycles. The van der Waals surface area contributed by atoms with E-state index >= 15 is 0 Å². The molecule has 0 aliphatic rings. The first-order valence-corrected chi connectivity index (χ1v) is 7.98. The van der Waals surface area contributed by atoms with Gasteiger partial charge in [0.05, 0.1) is 10.6 Å². The van der Waals surface area contributed by atoms with Crippen molar-refractivity contribution >= 4 is 20.8 Å². The monoisotopic (exact) mass is 298 g/mol. The van der Waals surface area contributed by atoms with Gasteiger partial charge in [-0.2, -0.15) is 0 Å². The van der Waals surface area contributed by atoms with Gasteiger partial charge in [0.1, 0.15) is 0 Å². The van der Waals surface area contributed by atoms with Gasteiger partial charge in [0, 0.05) is 22.5 Å². The van der Waals surface area contributed by atoms with Gasteiger partial charge in [0.2, 0.25) is 10.0 Å². The van der Waals surface area contributed by atoms with Gasteiger partial charge >= 0.3 is 0 Å². The Bertz CT molecular complexity index is 891. The van der Waals surface area contributed by atoms with Crippen LogP contribution in [0.2, 0.25) is 0 Å². The van der Waals surface area contributed by atoms with Crippen LogP contribution in [-0.2, 0) is 10.0 Å². The zero-order chi connectivity index (χ0) is 14.9. The molecule has 0 atom stereocenters. The predicted molar refractivity (Wildman–Crippen MR) is 83.4 cm³/mol. The van der Waals surface area contributed by atoms with Crippen molar-refractivity contribution in [3.8, 4) is 11.3 Å². The van der Waals surface area contributed by atoms with E-state index in [1.165, 1.54) is 7.05 Å². The molecule has 21 heavy (non-hydrogen) atoms. The molecule has 3 rings (SSSR count). The molecule has 0 bridgehead atoms. The molecule has 0 fully saturated rings. The molecule has 0 saturated carbocycles. The Labute approximate surface area is 123 Å². The number of hydrogen-bond donors (Lipinski definition) is 1. The van der Waals surface area contributed by atoms with E-state index in [0.717, 1.165) is 16.6 Å². The first-order chi connectivity index (χ1) is 10.1. The van der Waals surface area contributed by atoms with Crippen LogP contribution in [0.25, 0.3) is 22.0 Å². The van der Waals surface area contributed by atoms with Gasteiger partial charge in [-0.15, -0.1) is 0 Å². The molecular weight excluding hydrogens is 284 g/mol. The fourth-order valence-corrected chi connectivity index (χ4v) is 3.29. The van der Waals surface area contributed by atoms with Crippen LogP contribution in [0, 0.1) is 0 Å². The highest BCUT2D eigenvalue weighted by atomic mass is 32.2. The normalized spacial score (nSPS) is 11.7. The fourth-order valence-electron chi connectivity index (χ4n) is 2.35. The molecule has 0 saturated heterocycles. The number of benzene rings is 2. The largest absolute Gasteiger partial charge is 0.256 e. The van der Waals surface area contributed by atoms with E-state index < -0.39 is 10.0 Å². The maximum Gasteiger partial charge on any atom is 0.240 e. The van der Waals surface area contributed by atoms with Crippen LogP contribution < -0.4 is 4.72 Å². The smallest absolute Gasteiger partial charge is 0.240 e. The van der Waals surface area contributed by atoms with Crippen molar-refractivity contribution in [1.29, 1.82) is 0 Å². The Balaban J connectivity index is 2.35. The highest BCUT2D eigenvalue weighted by Gasteiger charge is 2.16. The van der Waals surface area contributed by atoms with E-state index in [4.69, 9.17) is 0 Å². The first-order valence-electron chi connectivity index (χ1n) is 6.50. The van der Waals surface area contributed by atoms with E-state index in [-0.39, 0.29) is 4.90 Å². The number of fused-ring (bicyclic) bond motifs is 1. The maximum absolute atomic E-state index is 12.1. The molecule has 3 aromatic rings. The Hall–Kier alpha value is -2.24. The third-order valence-electron chi connectivity index (χ3n) is 3.37. The van der Waals surface area contributed by atoms with Crippen LogP contribution in [0.3, 0.4) is 0 Å². The number of sulfonamides is 1. The highest BCUT2D eigenvalue weighted by Crippen LogP contribution is 2.29. The summed E-state index contributed by atoms with van der Waals surface area (Å²) in [5.41, 5.74) is 1.74. The van der Waals surface area contributed by atoms with Crippen LogP contribution in [0.5, 0.6) is 0 Å². The molecule has 106 valence electrons. The fraction of sp³-hybridized carbons (Fsp3) is 0.0625. The van der Waals surface area contributed by atoms with Crippen molar-refractivity contribution in [3.63, 3.8) is 0 Å². The van der Waals surface area contributed by atoms with E-state index in [2.05, 4.69) is 9.71 Å². The summed E-state index contributed by atoms with van der Waals surface area (Å²) in [4.78, 5) is 4.68. The average Bonchev–Trinajstić information content (AvgIpc) is 2.54. The van der Waals surface area contributed by atoms with Crippen molar-refractivity contribution < 1.29 is 8.42 Å². The van der Waals surface area contributed by atoms with Crippen molar-refractivity contribution in [2.75, 3.05) is 7.05 Å². The SMILES string of the molecule is CNS(=O)(=O)c1cccc2c(-c3ccccc3)nccc12. The predicted octanol–water partition coefficient (Wildman–Crippen LogP) is 2.81. The lowest BCUT2D eigenvalue weighted by Gasteiger charge is -2.10. The molecular formula is C16H14N2O2S. The Morgan fingerprint density at radius 1 is 0.905 bits per heavy atom. The molecule has 0 radical (unpaired) electrons. The van der Waals surface area contributed by atoms with Gasteiger partial charge in [0.25, 0.3) is 0 Å². The molecule has 1 N–H and O–H groups in total. The summed E-state index contributed by atoms with van der Waals surface area (Å²) >= 11 is 0. The minimum atomic E-state index is -3.50. The van der Waals surface area contributed by atoms with Gasteiger partial charge < -0.3 is 0 Å². The minimum Gasteiger partial charge on any atom is -0.256 e. The maximum atomic E-state index is 12.1. The quantitative estimate of drug-likeness (QED) is 0.809. The number of aromatic nitrogens is 1. The highest BCUT2D eigenvalue weighted by molar-refractivity contribution is 7.89. The Morgan fingerprint density at radius 2 is 1.67 bits per heavy atom. The second kappa shape index (κ2) is 5.27. The molecule has 4 nitrogen and oxygen atoms in total. The Morgan fingerprint density at radius 3 is 2.38 bits per heavy atom. The number of rotatable bonds is 3. The lowest BCUT2D eigenvalue weighted by molar-refractivity contribution is 0.589. The molecule has 0 spiro atoms. The minimum absolute atomic E-state index is 0.266. The first kappa shape index (κ1) is 13.7. The number of pyridine rings is 1. The van der Waals surface area contributed by atoms with Crippen molar-refractivity contribution in [1.82, 2.24) is 9.71 Å². The topological polar surface area (TPSA) is 59.1 Å². The van der Waals surface area contributed by atoms with Crippen molar-refractivity contribution in [2.45, 2.75) is 4.90 Å². The second-order valence-corrected chi connectivity index (χ2v) is 6.44. The number of hydrogen-bond acceptors (Lipinski definition) is 3. The van der Waals surface area contributed by atoms with E-state index in [0.29, 0.717) is 5.39 Å². The number of nitrogens with zero attached hydrogens (tertiary/aromatic N) is 1. The standard InChI is InChI=1S/C16H14N2O2S/c1-17-21(19,20)15-9-5-8-14-13(15)10-11-18-16(14)12-6-3-2-4-7-12/h2-11,17H,1H3. The summed E-state index contributed by atoms with van der Waals surface area (Å²) in [6.45, 7) is 0. The lowest BCUT2D eigenvalue weighted by atomic mass is 10.0. The van der Waals surface area contributed by atoms with Gasteiger partial charge in [-0.05, 0) is 19.2 Å². The van der Waals surface area contributed by atoms with Crippen LogP contribution in [-0.4, -0.2) is 20.4 Å². The molecule has 5 heteroatoms. The van der Waals surface area contributed by atoms with E-state index in [1.54, 1.807) is 24.4 Å². The number of nitrogens with one attached hydrogen (secondary N) is 1.